The molecule has 2 nitrogen and oxygen atoms in total. The van der Waals surface area contributed by atoms with Gasteiger partial charge in [0, 0.05) is 6.61 Å². The maximum Gasteiger partial charge on any atom is 0.146 e. The third-order valence-electron chi connectivity index (χ3n) is 1.07. The third kappa shape index (κ3) is 9.40. The highest BCUT2D eigenvalue weighted by Gasteiger charge is 1.82. The highest BCUT2D eigenvalue weighted by atomic mass is 16.7. The van der Waals surface area contributed by atoms with Gasteiger partial charge >= 0.3 is 0 Å². The van der Waals surface area contributed by atoms with Crippen molar-refractivity contribution in [2.45, 2.75) is 13.3 Å². The molecule has 0 saturated carbocycles. The van der Waals surface area contributed by atoms with Gasteiger partial charge < -0.3 is 9.47 Å². The summed E-state index contributed by atoms with van der Waals surface area (Å²) in [6.45, 7) is 7.33. The molecule has 0 aliphatic heterocycles. The van der Waals surface area contributed by atoms with Gasteiger partial charge in [-0.25, -0.2) is 0 Å². The monoisotopic (exact) mass is 156 g/mol. The smallest absolute Gasteiger partial charge is 0.146 e. The molecule has 0 aliphatic carbocycles. The fraction of sp³-hybridized carbons (Fsp3) is 0.556. The van der Waals surface area contributed by atoms with Crippen molar-refractivity contribution in [2.24, 2.45) is 0 Å². The second kappa shape index (κ2) is 9.40. The molecule has 0 aromatic heterocycles. The lowest BCUT2D eigenvalue weighted by molar-refractivity contribution is -0.0476. The molecule has 0 aromatic rings. The Morgan fingerprint density at radius 3 is 2.82 bits per heavy atom. The fourth-order valence-corrected chi connectivity index (χ4v) is 0.545. The van der Waals surface area contributed by atoms with Crippen molar-refractivity contribution >= 4 is 0 Å². The first kappa shape index (κ1) is 10.4. The lowest BCUT2D eigenvalue weighted by Crippen LogP contribution is -1.99. The number of allylic oxidation sites excluding steroid dienone is 2. The standard InChI is InChI=1S/C9H16O2/c1-3-5-6-7-8-11-9-10-4-2/h3,5-6H,1,4,7-9H2,2H3. The summed E-state index contributed by atoms with van der Waals surface area (Å²) in [5, 5.41) is 0. The number of hydrogen-bond acceptors (Lipinski definition) is 2. The zero-order valence-electron chi connectivity index (χ0n) is 7.08. The minimum Gasteiger partial charge on any atom is -0.356 e. The van der Waals surface area contributed by atoms with Crippen LogP contribution >= 0.6 is 0 Å². The SMILES string of the molecule is C=CC=CCCOCOCC. The van der Waals surface area contributed by atoms with Gasteiger partial charge in [0.2, 0.25) is 0 Å². The van der Waals surface area contributed by atoms with Crippen LogP contribution in [0.2, 0.25) is 0 Å². The van der Waals surface area contributed by atoms with E-state index in [-0.39, 0.29) is 0 Å². The molecule has 0 rings (SSSR count). The summed E-state index contributed by atoms with van der Waals surface area (Å²) in [6, 6.07) is 0. The summed E-state index contributed by atoms with van der Waals surface area (Å²) < 4.78 is 10.1. The van der Waals surface area contributed by atoms with E-state index in [1.54, 1.807) is 6.08 Å². The minimum absolute atomic E-state index is 0.401. The van der Waals surface area contributed by atoms with E-state index < -0.39 is 0 Å². The molecule has 0 aliphatic rings. The van der Waals surface area contributed by atoms with Crippen molar-refractivity contribution in [1.82, 2.24) is 0 Å². The lowest BCUT2D eigenvalue weighted by atomic mass is 10.4. The van der Waals surface area contributed by atoms with E-state index in [0.717, 1.165) is 6.42 Å². The van der Waals surface area contributed by atoms with Crippen LogP contribution in [-0.2, 0) is 9.47 Å². The van der Waals surface area contributed by atoms with Crippen LogP contribution in [0.4, 0.5) is 0 Å². The Kier molecular flexibility index (Phi) is 8.89. The van der Waals surface area contributed by atoms with E-state index in [1.165, 1.54) is 0 Å². The van der Waals surface area contributed by atoms with Gasteiger partial charge in [0.05, 0.1) is 6.61 Å². The van der Waals surface area contributed by atoms with Crippen molar-refractivity contribution in [3.05, 3.63) is 24.8 Å². The van der Waals surface area contributed by atoms with E-state index >= 15 is 0 Å². The van der Waals surface area contributed by atoms with Crippen molar-refractivity contribution in [2.75, 3.05) is 20.0 Å². The van der Waals surface area contributed by atoms with E-state index in [4.69, 9.17) is 9.47 Å². The van der Waals surface area contributed by atoms with Crippen molar-refractivity contribution < 1.29 is 9.47 Å². The molecule has 0 aromatic carbocycles. The Morgan fingerprint density at radius 2 is 2.18 bits per heavy atom. The molecule has 0 radical (unpaired) electrons. The van der Waals surface area contributed by atoms with Crippen LogP contribution in [0.1, 0.15) is 13.3 Å². The van der Waals surface area contributed by atoms with Crippen molar-refractivity contribution in [3.63, 3.8) is 0 Å². The van der Waals surface area contributed by atoms with Crippen LogP contribution in [0, 0.1) is 0 Å². The molecule has 0 bridgehead atoms. The molecule has 0 amide bonds. The van der Waals surface area contributed by atoms with Gasteiger partial charge in [-0.05, 0) is 13.3 Å². The first-order chi connectivity index (χ1) is 5.41. The molecule has 11 heavy (non-hydrogen) atoms. The second-order valence-electron chi connectivity index (χ2n) is 1.97. The van der Waals surface area contributed by atoms with Crippen molar-refractivity contribution in [3.8, 4) is 0 Å². The molecular weight excluding hydrogens is 140 g/mol. The molecular formula is C9H16O2. The molecule has 0 spiro atoms. The number of ether oxygens (including phenoxy) is 2. The zero-order valence-corrected chi connectivity index (χ0v) is 7.08. The normalized spacial score (nSPS) is 10.6. The van der Waals surface area contributed by atoms with Crippen LogP contribution in [0.3, 0.4) is 0 Å². The highest BCUT2D eigenvalue weighted by Crippen LogP contribution is 1.86. The second-order valence-corrected chi connectivity index (χ2v) is 1.97. The average Bonchev–Trinajstić information content (AvgIpc) is 2.03. The number of hydrogen-bond donors (Lipinski definition) is 0. The molecule has 0 heterocycles. The quantitative estimate of drug-likeness (QED) is 0.319. The summed E-state index contributed by atoms with van der Waals surface area (Å²) in [6.07, 6.45) is 6.59. The first-order valence-electron chi connectivity index (χ1n) is 3.84. The van der Waals surface area contributed by atoms with Gasteiger partial charge in [0.15, 0.2) is 0 Å². The Morgan fingerprint density at radius 1 is 1.36 bits per heavy atom. The Hall–Kier alpha value is -0.600. The number of rotatable bonds is 7. The van der Waals surface area contributed by atoms with Crippen LogP contribution in [0.25, 0.3) is 0 Å². The summed E-state index contributed by atoms with van der Waals surface area (Å²) in [5.74, 6) is 0. The van der Waals surface area contributed by atoms with E-state index in [0.29, 0.717) is 20.0 Å². The molecule has 0 N–H and O–H groups in total. The molecule has 0 atom stereocenters. The lowest BCUT2D eigenvalue weighted by Gasteiger charge is -2.00. The molecule has 2 heteroatoms. The average molecular weight is 156 g/mol. The van der Waals surface area contributed by atoms with Gasteiger partial charge in [-0.15, -0.1) is 0 Å². The van der Waals surface area contributed by atoms with Gasteiger partial charge in [0.25, 0.3) is 0 Å². The summed E-state index contributed by atoms with van der Waals surface area (Å²) in [5.41, 5.74) is 0. The topological polar surface area (TPSA) is 18.5 Å². The van der Waals surface area contributed by atoms with Gasteiger partial charge in [-0.2, -0.15) is 0 Å². The Balaban J connectivity index is 2.90. The Bertz CT molecular complexity index is 108. The molecule has 0 saturated heterocycles. The summed E-state index contributed by atoms with van der Waals surface area (Å²) >= 11 is 0. The maximum absolute atomic E-state index is 5.11. The van der Waals surface area contributed by atoms with Crippen LogP contribution < -0.4 is 0 Å². The van der Waals surface area contributed by atoms with Crippen LogP contribution in [0.15, 0.2) is 24.8 Å². The Labute approximate surface area is 68.5 Å². The van der Waals surface area contributed by atoms with E-state index in [2.05, 4.69) is 6.58 Å². The van der Waals surface area contributed by atoms with Crippen molar-refractivity contribution in [1.29, 1.82) is 0 Å². The molecule has 64 valence electrons. The highest BCUT2D eigenvalue weighted by molar-refractivity contribution is 4.96. The summed E-state index contributed by atoms with van der Waals surface area (Å²) in [4.78, 5) is 0. The minimum atomic E-state index is 0.401. The molecule has 0 fully saturated rings. The third-order valence-corrected chi connectivity index (χ3v) is 1.07. The van der Waals surface area contributed by atoms with Gasteiger partial charge in [-0.1, -0.05) is 24.8 Å². The van der Waals surface area contributed by atoms with Crippen LogP contribution in [-0.4, -0.2) is 20.0 Å². The van der Waals surface area contributed by atoms with E-state index in [1.807, 2.05) is 19.1 Å². The maximum atomic E-state index is 5.11. The predicted octanol–water partition coefficient (Wildman–Crippen LogP) is 2.13. The summed E-state index contributed by atoms with van der Waals surface area (Å²) in [7, 11) is 0. The van der Waals surface area contributed by atoms with Gasteiger partial charge in [0.1, 0.15) is 6.79 Å². The van der Waals surface area contributed by atoms with Gasteiger partial charge in [-0.3, -0.25) is 0 Å². The fourth-order valence-electron chi connectivity index (χ4n) is 0.545. The predicted molar refractivity (Wildman–Crippen MR) is 46.4 cm³/mol. The van der Waals surface area contributed by atoms with Crippen LogP contribution in [0.5, 0.6) is 0 Å². The molecule has 0 unspecified atom stereocenters. The largest absolute Gasteiger partial charge is 0.356 e. The van der Waals surface area contributed by atoms with E-state index in [9.17, 15) is 0 Å². The zero-order chi connectivity index (χ0) is 8.36. The first-order valence-corrected chi connectivity index (χ1v) is 3.84.